The number of pyridine rings is 2. The van der Waals surface area contributed by atoms with Gasteiger partial charge in [0.25, 0.3) is 0 Å². The average Bonchev–Trinajstić information content (AvgIpc) is 3.53. The lowest BCUT2D eigenvalue weighted by atomic mass is 9.95. The van der Waals surface area contributed by atoms with Gasteiger partial charge in [0.15, 0.2) is 17.9 Å². The van der Waals surface area contributed by atoms with E-state index in [4.69, 9.17) is 10.5 Å². The molecule has 1 aromatic carbocycles. The summed E-state index contributed by atoms with van der Waals surface area (Å²) in [4.78, 5) is 20.6. The van der Waals surface area contributed by atoms with Crippen LogP contribution in [0.4, 0.5) is 33.3 Å². The van der Waals surface area contributed by atoms with Crippen LogP contribution >= 0.6 is 0 Å². The predicted octanol–water partition coefficient (Wildman–Crippen LogP) is 5.93. The molecule has 254 valence electrons. The normalized spacial score (nSPS) is 11.9. The van der Waals surface area contributed by atoms with Crippen LogP contribution in [0.15, 0.2) is 42.7 Å². The van der Waals surface area contributed by atoms with E-state index >= 15 is 4.39 Å². The maximum absolute atomic E-state index is 16.3. The maximum atomic E-state index is 16.3. The molecule has 0 radical (unpaired) electrons. The first-order valence-corrected chi connectivity index (χ1v) is 15.0. The second kappa shape index (κ2) is 16.8. The van der Waals surface area contributed by atoms with Gasteiger partial charge < -0.3 is 26.4 Å². The number of hydrogen-bond donors (Lipinski definition) is 4. The Hall–Kier alpha value is -4.63. The molecule has 0 bridgehead atoms. The number of anilines is 2. The molecule has 0 aliphatic heterocycles. The van der Waals surface area contributed by atoms with Crippen LogP contribution in [-0.2, 0) is 12.7 Å². The van der Waals surface area contributed by atoms with Crippen molar-refractivity contribution >= 4 is 17.7 Å². The van der Waals surface area contributed by atoms with E-state index in [1.165, 1.54) is 4.68 Å². The van der Waals surface area contributed by atoms with E-state index in [2.05, 4.69) is 31.0 Å². The molecule has 4 aromatic rings. The lowest BCUT2D eigenvalue weighted by molar-refractivity contribution is -0.137. The third-order valence-electron chi connectivity index (χ3n) is 6.89. The Morgan fingerprint density at radius 1 is 1.11 bits per heavy atom. The number of rotatable bonds is 14. The Labute approximate surface area is 269 Å². The van der Waals surface area contributed by atoms with Crippen molar-refractivity contribution in [2.24, 2.45) is 0 Å². The Bertz CT molecular complexity index is 1630. The monoisotopic (exact) mass is 662 g/mol. The molecule has 0 fully saturated rings. The predicted molar refractivity (Wildman–Crippen MR) is 171 cm³/mol. The molecule has 0 saturated carbocycles. The SMILES string of the molecule is CC.CNCCNCCC(C)Oc1nc(-c2cc(N)c(F)c(C)c2C(F)(F)F)c(F)c(NCc2ccn(-c3ccccn3)n2)c1C=O. The van der Waals surface area contributed by atoms with Gasteiger partial charge in [-0.05, 0) is 63.7 Å². The standard InChI is InChI=1S/C30H33F5N8O2.C2H6/c1-17(7-10-38-12-11-37-3)45-29-21(16-44)27(40-15-19-8-13-43(42-19)23-6-4-5-9-39-23)26(32)28(41-29)20-14-22(36)25(31)18(2)24(20)30(33,34)35;1-2/h4-6,8-9,13-14,16-17,37-38H,7,10-12,15,36H2,1-3H3,(H,40,41);1-2H3. The zero-order valence-corrected chi connectivity index (χ0v) is 26.8. The maximum Gasteiger partial charge on any atom is 0.417 e. The van der Waals surface area contributed by atoms with Crippen molar-refractivity contribution in [2.45, 2.75) is 52.9 Å². The van der Waals surface area contributed by atoms with E-state index in [1.54, 1.807) is 43.6 Å². The third kappa shape index (κ3) is 9.01. The highest BCUT2D eigenvalue weighted by Gasteiger charge is 2.39. The highest BCUT2D eigenvalue weighted by molar-refractivity contribution is 5.90. The molecular weight excluding hydrogens is 623 g/mol. The largest absolute Gasteiger partial charge is 0.474 e. The number of benzene rings is 1. The third-order valence-corrected chi connectivity index (χ3v) is 6.89. The van der Waals surface area contributed by atoms with Gasteiger partial charge in [-0.15, -0.1) is 0 Å². The number of nitrogens with one attached hydrogen (secondary N) is 3. The summed E-state index contributed by atoms with van der Waals surface area (Å²) in [6.45, 7) is 8.36. The van der Waals surface area contributed by atoms with Gasteiger partial charge in [0.1, 0.15) is 17.1 Å². The zero-order valence-electron chi connectivity index (χ0n) is 26.8. The van der Waals surface area contributed by atoms with E-state index in [1.807, 2.05) is 20.9 Å². The summed E-state index contributed by atoms with van der Waals surface area (Å²) < 4.78 is 80.9. The topological polar surface area (TPSA) is 132 Å². The van der Waals surface area contributed by atoms with Crippen LogP contribution in [0.5, 0.6) is 5.88 Å². The number of aromatic nitrogens is 4. The van der Waals surface area contributed by atoms with E-state index < -0.39 is 63.6 Å². The fraction of sp³-hybridized carbons (Fsp3) is 0.375. The number of halogens is 5. The second-order valence-electron chi connectivity index (χ2n) is 10.2. The van der Waals surface area contributed by atoms with Gasteiger partial charge in [-0.25, -0.2) is 23.4 Å². The molecule has 1 atom stereocenters. The molecule has 0 spiro atoms. The van der Waals surface area contributed by atoms with Gasteiger partial charge in [-0.1, -0.05) is 19.9 Å². The minimum absolute atomic E-state index is 0.137. The average molecular weight is 663 g/mol. The van der Waals surface area contributed by atoms with E-state index in [0.717, 1.165) is 13.5 Å². The highest BCUT2D eigenvalue weighted by Crippen LogP contribution is 2.44. The molecule has 3 heterocycles. The van der Waals surface area contributed by atoms with Gasteiger partial charge in [0, 0.05) is 31.0 Å². The number of alkyl halides is 3. The van der Waals surface area contributed by atoms with Crippen LogP contribution in [0.1, 0.15) is 54.4 Å². The van der Waals surface area contributed by atoms with Crippen molar-refractivity contribution in [3.05, 3.63) is 76.7 Å². The van der Waals surface area contributed by atoms with Gasteiger partial charge in [-0.2, -0.15) is 18.3 Å². The molecule has 0 saturated heterocycles. The number of nitrogens with zero attached hydrogens (tertiary/aromatic N) is 4. The molecule has 4 rings (SSSR count). The van der Waals surface area contributed by atoms with Crippen LogP contribution < -0.4 is 26.4 Å². The summed E-state index contributed by atoms with van der Waals surface area (Å²) in [5.41, 5.74) is 0.738. The molecular formula is C32H39F5N8O2. The summed E-state index contributed by atoms with van der Waals surface area (Å²) in [5.74, 6) is -2.46. The van der Waals surface area contributed by atoms with Crippen molar-refractivity contribution in [1.29, 1.82) is 0 Å². The van der Waals surface area contributed by atoms with Crippen LogP contribution in [0.2, 0.25) is 0 Å². The van der Waals surface area contributed by atoms with Crippen LogP contribution in [0.3, 0.4) is 0 Å². The van der Waals surface area contributed by atoms with E-state index in [9.17, 15) is 22.4 Å². The number of hydrogen-bond acceptors (Lipinski definition) is 9. The Morgan fingerprint density at radius 2 is 1.85 bits per heavy atom. The lowest BCUT2D eigenvalue weighted by Crippen LogP contribution is -2.28. The fourth-order valence-electron chi connectivity index (χ4n) is 4.62. The summed E-state index contributed by atoms with van der Waals surface area (Å²) in [5, 5.41) is 13.3. The van der Waals surface area contributed by atoms with Crippen molar-refractivity contribution in [2.75, 3.05) is 37.7 Å². The first-order chi connectivity index (χ1) is 22.5. The quantitative estimate of drug-likeness (QED) is 0.0561. The summed E-state index contributed by atoms with van der Waals surface area (Å²) in [6, 6.07) is 7.52. The summed E-state index contributed by atoms with van der Waals surface area (Å²) >= 11 is 0. The first-order valence-electron chi connectivity index (χ1n) is 15.0. The Balaban J connectivity index is 0.00000294. The molecule has 0 amide bonds. The van der Waals surface area contributed by atoms with E-state index in [0.29, 0.717) is 43.4 Å². The number of aldehydes is 1. The van der Waals surface area contributed by atoms with Gasteiger partial charge in [-0.3, -0.25) is 4.79 Å². The minimum atomic E-state index is -5.09. The van der Waals surface area contributed by atoms with Gasteiger partial charge in [0.2, 0.25) is 5.88 Å². The number of nitrogens with two attached hydrogens (primary N) is 1. The van der Waals surface area contributed by atoms with Gasteiger partial charge >= 0.3 is 6.18 Å². The number of likely N-dealkylation sites (N-methyl/N-ethyl adjacent to an activating group) is 1. The van der Waals surface area contributed by atoms with Crippen LogP contribution in [-0.4, -0.2) is 58.8 Å². The van der Waals surface area contributed by atoms with E-state index in [-0.39, 0.29) is 12.1 Å². The van der Waals surface area contributed by atoms with Gasteiger partial charge in [0.05, 0.1) is 35.3 Å². The van der Waals surface area contributed by atoms with Crippen molar-refractivity contribution in [3.8, 4) is 23.0 Å². The molecule has 15 heteroatoms. The smallest absolute Gasteiger partial charge is 0.417 e. The molecule has 47 heavy (non-hydrogen) atoms. The van der Waals surface area contributed by atoms with Crippen molar-refractivity contribution in [3.63, 3.8) is 0 Å². The van der Waals surface area contributed by atoms with Crippen molar-refractivity contribution < 1.29 is 31.5 Å². The molecule has 0 aliphatic rings. The molecule has 3 aromatic heterocycles. The molecule has 0 aliphatic carbocycles. The first kappa shape index (κ1) is 36.8. The van der Waals surface area contributed by atoms with Crippen LogP contribution in [0.25, 0.3) is 17.1 Å². The zero-order chi connectivity index (χ0) is 34.7. The number of nitrogen functional groups attached to an aromatic ring is 1. The number of carbonyl (C=O) groups excluding carboxylic acids is 1. The molecule has 5 N–H and O–H groups in total. The lowest BCUT2D eigenvalue weighted by Gasteiger charge is -2.22. The van der Waals surface area contributed by atoms with Crippen molar-refractivity contribution in [1.82, 2.24) is 30.4 Å². The summed E-state index contributed by atoms with van der Waals surface area (Å²) in [7, 11) is 1.81. The molecule has 1 unspecified atom stereocenters. The second-order valence-corrected chi connectivity index (χ2v) is 10.2. The minimum Gasteiger partial charge on any atom is -0.474 e. The summed E-state index contributed by atoms with van der Waals surface area (Å²) in [6.07, 6.45) is -1.74. The fourth-order valence-corrected chi connectivity index (χ4v) is 4.62. The van der Waals surface area contributed by atoms with Crippen LogP contribution in [0, 0.1) is 18.6 Å². The number of carbonyl (C=O) groups is 1. The molecule has 10 nitrogen and oxygen atoms in total. The Morgan fingerprint density at radius 3 is 2.49 bits per heavy atom. The number of ether oxygens (including phenoxy) is 1. The highest BCUT2D eigenvalue weighted by atomic mass is 19.4. The Kier molecular flexibility index (Phi) is 13.2.